The number of hydrogen-bond donors (Lipinski definition) is 1. The first-order valence-corrected chi connectivity index (χ1v) is 16.9. The molecule has 2 atom stereocenters. The maximum atomic E-state index is 12.1. The van der Waals surface area contributed by atoms with Crippen LogP contribution in [0.5, 0.6) is 0 Å². The summed E-state index contributed by atoms with van der Waals surface area (Å²) in [4.78, 5) is 12.1. The van der Waals surface area contributed by atoms with Crippen LogP contribution in [0, 0.1) is 0 Å². The molecular weight excluding hydrogens is 456 g/mol. The first-order valence-electron chi connectivity index (χ1n) is 14.4. The first kappa shape index (κ1) is 32.2. The molecule has 0 radical (unpaired) electrons. The molecule has 0 aromatic carbocycles. The van der Waals surface area contributed by atoms with Crippen LogP contribution in [0.4, 0.5) is 0 Å². The van der Waals surface area contributed by atoms with Crippen LogP contribution in [0.1, 0.15) is 105 Å². The largest absolute Gasteiger partial charge is 0.414 e. The number of ether oxygens (including phenoxy) is 2. The van der Waals surface area contributed by atoms with E-state index in [2.05, 4.69) is 33.8 Å². The fraction of sp³-hybridized carbons (Fsp3) is 0.828. The van der Waals surface area contributed by atoms with Gasteiger partial charge in [0, 0.05) is 12.5 Å². The maximum Gasteiger partial charge on any atom is 0.193 e. The minimum atomic E-state index is -1.64. The Labute approximate surface area is 216 Å². The van der Waals surface area contributed by atoms with Crippen molar-refractivity contribution in [3.63, 3.8) is 0 Å². The summed E-state index contributed by atoms with van der Waals surface area (Å²) in [5.74, 6) is -0.0385. The Kier molecular flexibility index (Phi) is 18.7. The zero-order valence-corrected chi connectivity index (χ0v) is 24.1. The Balaban J connectivity index is 2.34. The van der Waals surface area contributed by atoms with Crippen LogP contribution in [0.2, 0.25) is 18.1 Å². The highest BCUT2D eigenvalue weighted by molar-refractivity contribution is 6.73. The van der Waals surface area contributed by atoms with Crippen LogP contribution >= 0.6 is 0 Å². The summed E-state index contributed by atoms with van der Waals surface area (Å²) in [6.07, 6.45) is 18.8. The van der Waals surface area contributed by atoms with E-state index in [1.807, 2.05) is 12.2 Å². The Hall–Kier alpha value is -0.793. The van der Waals surface area contributed by atoms with Crippen LogP contribution in [-0.2, 0) is 18.7 Å². The van der Waals surface area contributed by atoms with E-state index in [0.29, 0.717) is 19.3 Å². The molecule has 1 heterocycles. The second-order valence-corrected chi connectivity index (χ2v) is 14.3. The number of aliphatic hydroxyl groups is 1. The Morgan fingerprint density at radius 1 is 1.00 bits per heavy atom. The normalized spacial score (nSPS) is 17.4. The minimum absolute atomic E-state index is 0.0385. The van der Waals surface area contributed by atoms with Crippen molar-refractivity contribution in [3.05, 3.63) is 24.3 Å². The molecule has 0 bridgehead atoms. The Morgan fingerprint density at radius 3 is 2.17 bits per heavy atom. The summed E-state index contributed by atoms with van der Waals surface area (Å²) < 4.78 is 17.7. The average molecular weight is 511 g/mol. The number of carbonyl (C=O) groups is 1. The van der Waals surface area contributed by atoms with Crippen molar-refractivity contribution in [1.29, 1.82) is 0 Å². The van der Waals surface area contributed by atoms with Gasteiger partial charge in [-0.3, -0.25) is 4.79 Å². The molecule has 0 unspecified atom stereocenters. The molecule has 0 aliphatic carbocycles. The van der Waals surface area contributed by atoms with Crippen molar-refractivity contribution in [2.45, 2.75) is 141 Å². The fourth-order valence-electron chi connectivity index (χ4n) is 4.65. The molecule has 5 nitrogen and oxygen atoms in total. The van der Waals surface area contributed by atoms with Crippen molar-refractivity contribution >= 4 is 14.1 Å². The lowest BCUT2D eigenvalue weighted by molar-refractivity contribution is -0.183. The maximum absolute atomic E-state index is 12.1. The summed E-state index contributed by atoms with van der Waals surface area (Å²) in [5.41, 5.74) is 0. The third-order valence-electron chi connectivity index (χ3n) is 6.70. The van der Waals surface area contributed by atoms with Gasteiger partial charge in [0.15, 0.2) is 14.6 Å². The van der Waals surface area contributed by atoms with Gasteiger partial charge in [-0.1, -0.05) is 83.6 Å². The van der Waals surface area contributed by atoms with E-state index >= 15 is 0 Å². The highest BCUT2D eigenvalue weighted by Gasteiger charge is 2.34. The summed E-state index contributed by atoms with van der Waals surface area (Å²) >= 11 is 0. The van der Waals surface area contributed by atoms with Crippen molar-refractivity contribution in [2.75, 3.05) is 13.2 Å². The molecule has 0 aromatic heterocycles. The van der Waals surface area contributed by atoms with Crippen molar-refractivity contribution in [3.8, 4) is 0 Å². The second kappa shape index (κ2) is 20.3. The molecule has 0 aromatic rings. The van der Waals surface area contributed by atoms with E-state index in [9.17, 15) is 9.90 Å². The molecule has 35 heavy (non-hydrogen) atoms. The lowest BCUT2D eigenvalue weighted by Gasteiger charge is -2.35. The van der Waals surface area contributed by atoms with E-state index in [0.717, 1.165) is 25.7 Å². The summed E-state index contributed by atoms with van der Waals surface area (Å²) in [6.45, 7) is 10.4. The Bertz CT molecular complexity index is 564. The van der Waals surface area contributed by atoms with Gasteiger partial charge in [0.25, 0.3) is 0 Å². The number of hydrogen-bond acceptors (Lipinski definition) is 5. The molecule has 1 aliphatic heterocycles. The van der Waals surface area contributed by atoms with Gasteiger partial charge in [0.2, 0.25) is 0 Å². The molecule has 0 saturated carbocycles. The number of Topliss-reactive ketones (excluding diaryl/α,β-unsaturated/α-hetero) is 1. The zero-order chi connectivity index (χ0) is 25.8. The van der Waals surface area contributed by atoms with Crippen molar-refractivity contribution in [1.82, 2.24) is 0 Å². The third-order valence-corrected chi connectivity index (χ3v) is 11.4. The highest BCUT2D eigenvalue weighted by Crippen LogP contribution is 2.31. The predicted molar refractivity (Wildman–Crippen MR) is 148 cm³/mol. The SMILES string of the molecule is CCCC[Si](CCCC)(CCCC)O[C@H](C)CCC/C=C/C=C/[C@H](O)CC(=O)CC1OCCCO1. The monoisotopic (exact) mass is 510 g/mol. The number of rotatable bonds is 21. The van der Waals surface area contributed by atoms with Crippen LogP contribution in [0.3, 0.4) is 0 Å². The molecular formula is C29H54O5Si. The number of allylic oxidation sites excluding steroid dienone is 3. The lowest BCUT2D eigenvalue weighted by atomic mass is 10.1. The van der Waals surface area contributed by atoms with Crippen LogP contribution in [0.15, 0.2) is 24.3 Å². The van der Waals surface area contributed by atoms with Crippen molar-refractivity contribution < 1.29 is 23.8 Å². The summed E-state index contributed by atoms with van der Waals surface area (Å²) in [7, 11) is -1.64. The zero-order valence-electron chi connectivity index (χ0n) is 23.1. The van der Waals surface area contributed by atoms with Gasteiger partial charge in [-0.25, -0.2) is 0 Å². The van der Waals surface area contributed by atoms with E-state index in [1.54, 1.807) is 6.08 Å². The van der Waals surface area contributed by atoms with Gasteiger partial charge in [0.1, 0.15) is 5.78 Å². The van der Waals surface area contributed by atoms with Gasteiger partial charge in [0.05, 0.1) is 25.7 Å². The van der Waals surface area contributed by atoms with Crippen LogP contribution in [-0.4, -0.2) is 50.9 Å². The minimum Gasteiger partial charge on any atom is -0.414 e. The molecule has 1 rings (SSSR count). The lowest BCUT2D eigenvalue weighted by Crippen LogP contribution is -2.41. The standard InChI is InChI=1S/C29H54O5Si/c1-5-8-21-35(22-9-6-2,23-10-7-3)34-26(4)17-14-12-11-13-15-18-27(30)24-28(31)25-29-32-19-16-20-33-29/h11,13,15,18,26-27,29-30H,5-10,12,14,16-17,19-25H2,1-4H3/b13-11+,18-15+/t26-,27+/m1/s1. The summed E-state index contributed by atoms with van der Waals surface area (Å²) in [6, 6.07) is 3.97. The molecule has 204 valence electrons. The quantitative estimate of drug-likeness (QED) is 0.0984. The number of carbonyl (C=O) groups excluding carboxylic acids is 1. The molecule has 1 N–H and O–H groups in total. The Morgan fingerprint density at radius 2 is 1.60 bits per heavy atom. The van der Waals surface area contributed by atoms with Gasteiger partial charge >= 0.3 is 0 Å². The first-order chi connectivity index (χ1) is 16.9. The van der Waals surface area contributed by atoms with E-state index < -0.39 is 20.7 Å². The van der Waals surface area contributed by atoms with E-state index in [4.69, 9.17) is 13.9 Å². The molecule has 1 fully saturated rings. The van der Waals surface area contributed by atoms with E-state index in [1.165, 1.54) is 56.7 Å². The highest BCUT2D eigenvalue weighted by atomic mass is 28.4. The van der Waals surface area contributed by atoms with Gasteiger partial charge < -0.3 is 19.0 Å². The van der Waals surface area contributed by atoms with E-state index in [-0.39, 0.29) is 18.6 Å². The van der Waals surface area contributed by atoms with Gasteiger partial charge in [-0.2, -0.15) is 0 Å². The van der Waals surface area contributed by atoms with Crippen molar-refractivity contribution in [2.24, 2.45) is 0 Å². The van der Waals surface area contributed by atoms with Gasteiger partial charge in [-0.05, 0) is 50.7 Å². The fourth-order valence-corrected chi connectivity index (χ4v) is 9.72. The molecule has 1 saturated heterocycles. The molecule has 6 heteroatoms. The summed E-state index contributed by atoms with van der Waals surface area (Å²) in [5, 5.41) is 10.1. The molecule has 1 aliphatic rings. The molecule has 0 spiro atoms. The van der Waals surface area contributed by atoms with Crippen LogP contribution in [0.25, 0.3) is 0 Å². The third kappa shape index (κ3) is 15.8. The molecule has 0 amide bonds. The number of unbranched alkanes of at least 4 members (excludes halogenated alkanes) is 4. The number of aliphatic hydroxyl groups excluding tert-OH is 1. The number of ketones is 1. The second-order valence-electron chi connectivity index (χ2n) is 10.2. The topological polar surface area (TPSA) is 65.0 Å². The van der Waals surface area contributed by atoms with Crippen LogP contribution < -0.4 is 0 Å². The van der Waals surface area contributed by atoms with Gasteiger partial charge in [-0.15, -0.1) is 0 Å². The predicted octanol–water partition coefficient (Wildman–Crippen LogP) is 7.49. The average Bonchev–Trinajstić information content (AvgIpc) is 2.84. The smallest absolute Gasteiger partial charge is 0.193 e.